The molecule has 2 aromatic rings. The maximum atomic E-state index is 13.9. The van der Waals surface area contributed by atoms with Gasteiger partial charge in [-0.05, 0) is 56.6 Å². The lowest BCUT2D eigenvalue weighted by Crippen LogP contribution is -2.40. The van der Waals surface area contributed by atoms with Gasteiger partial charge in [0.2, 0.25) is 0 Å². The molecule has 0 bridgehead atoms. The molecule has 2 N–H and O–H groups in total. The average Bonchev–Trinajstić information content (AvgIpc) is 2.64. The Morgan fingerprint density at radius 2 is 2.00 bits per heavy atom. The molecule has 1 fully saturated rings. The molecular weight excluding hydrogens is 319 g/mol. The van der Waals surface area contributed by atoms with Gasteiger partial charge >= 0.3 is 0 Å². The van der Waals surface area contributed by atoms with Crippen molar-refractivity contribution in [3.63, 3.8) is 0 Å². The zero-order valence-corrected chi connectivity index (χ0v) is 14.3. The van der Waals surface area contributed by atoms with Crippen molar-refractivity contribution in [1.82, 2.24) is 15.2 Å². The highest BCUT2D eigenvalue weighted by Crippen LogP contribution is 2.24. The summed E-state index contributed by atoms with van der Waals surface area (Å²) in [6.07, 6.45) is 3.57. The summed E-state index contributed by atoms with van der Waals surface area (Å²) in [5.74, 6) is 0.559. The third-order valence-electron chi connectivity index (χ3n) is 4.56. The minimum absolute atomic E-state index is 0.0603. The molecule has 3 rings (SSSR count). The Morgan fingerprint density at radius 3 is 2.72 bits per heavy atom. The summed E-state index contributed by atoms with van der Waals surface area (Å²) in [6, 6.07) is 9.83. The zero-order chi connectivity index (χ0) is 17.6. The van der Waals surface area contributed by atoms with Crippen LogP contribution in [0.15, 0.2) is 42.6 Å². The highest BCUT2D eigenvalue weighted by molar-refractivity contribution is 5.99. The first-order valence-electron chi connectivity index (χ1n) is 8.59. The molecule has 5 nitrogen and oxygen atoms in total. The van der Waals surface area contributed by atoms with Crippen molar-refractivity contribution < 1.29 is 9.18 Å². The fraction of sp³-hybridized carbons (Fsp3) is 0.368. The molecule has 0 radical (unpaired) electrons. The molecule has 132 valence electrons. The number of pyridine rings is 1. The minimum atomic E-state index is -0.376. The number of carbonyl (C=O) groups is 1. The van der Waals surface area contributed by atoms with Gasteiger partial charge in [0.15, 0.2) is 0 Å². The number of benzene rings is 1. The smallest absolute Gasteiger partial charge is 0.257 e. The Kier molecular flexibility index (Phi) is 5.60. The first kappa shape index (κ1) is 17.4. The summed E-state index contributed by atoms with van der Waals surface area (Å²) < 4.78 is 13.9. The fourth-order valence-corrected chi connectivity index (χ4v) is 3.17. The van der Waals surface area contributed by atoms with Crippen molar-refractivity contribution in [2.24, 2.45) is 5.92 Å². The van der Waals surface area contributed by atoms with E-state index in [-0.39, 0.29) is 11.7 Å². The maximum absolute atomic E-state index is 13.9. The van der Waals surface area contributed by atoms with E-state index in [1.54, 1.807) is 36.5 Å². The van der Waals surface area contributed by atoms with Gasteiger partial charge in [-0.1, -0.05) is 12.1 Å². The van der Waals surface area contributed by atoms with Crippen LogP contribution < -0.4 is 10.6 Å². The van der Waals surface area contributed by atoms with Crippen molar-refractivity contribution in [3.05, 3.63) is 54.0 Å². The van der Waals surface area contributed by atoms with Gasteiger partial charge in [0.1, 0.15) is 11.6 Å². The van der Waals surface area contributed by atoms with E-state index >= 15 is 0 Å². The Morgan fingerprint density at radius 1 is 1.24 bits per heavy atom. The number of para-hydroxylation sites is 1. The molecule has 2 heterocycles. The molecule has 1 aromatic carbocycles. The number of hydrogen-bond acceptors (Lipinski definition) is 4. The number of amides is 1. The average molecular weight is 342 g/mol. The lowest BCUT2D eigenvalue weighted by atomic mass is 9.96. The quantitative estimate of drug-likeness (QED) is 0.877. The second kappa shape index (κ2) is 8.07. The van der Waals surface area contributed by atoms with Gasteiger partial charge in [-0.15, -0.1) is 0 Å². The van der Waals surface area contributed by atoms with Crippen LogP contribution in [0.25, 0.3) is 0 Å². The highest BCUT2D eigenvalue weighted by atomic mass is 19.1. The molecule has 1 saturated heterocycles. The van der Waals surface area contributed by atoms with Crippen LogP contribution in [0.5, 0.6) is 0 Å². The molecular formula is C19H23FN4O. The predicted molar refractivity (Wildman–Crippen MR) is 96.5 cm³/mol. The van der Waals surface area contributed by atoms with E-state index in [4.69, 9.17) is 0 Å². The summed E-state index contributed by atoms with van der Waals surface area (Å²) >= 11 is 0. The Bertz CT molecular complexity index is 729. The molecule has 1 amide bonds. The number of halogens is 1. The van der Waals surface area contributed by atoms with Crippen LogP contribution in [-0.2, 0) is 0 Å². The van der Waals surface area contributed by atoms with E-state index in [1.165, 1.54) is 6.07 Å². The number of carbonyl (C=O) groups excluding carboxylic acids is 1. The number of piperidine rings is 1. The Hall–Kier alpha value is -2.47. The molecule has 0 unspecified atom stereocenters. The lowest BCUT2D eigenvalue weighted by molar-refractivity contribution is 0.0691. The number of aromatic nitrogens is 1. The minimum Gasteiger partial charge on any atom is -0.339 e. The van der Waals surface area contributed by atoms with Gasteiger partial charge in [0.05, 0.1) is 11.3 Å². The lowest BCUT2D eigenvalue weighted by Gasteiger charge is -2.32. The zero-order valence-electron chi connectivity index (χ0n) is 14.3. The van der Waals surface area contributed by atoms with E-state index in [9.17, 15) is 9.18 Å². The third-order valence-corrected chi connectivity index (χ3v) is 4.56. The van der Waals surface area contributed by atoms with Crippen molar-refractivity contribution in [1.29, 1.82) is 0 Å². The fourth-order valence-electron chi connectivity index (χ4n) is 3.17. The monoisotopic (exact) mass is 342 g/mol. The molecule has 0 aliphatic carbocycles. The first-order chi connectivity index (χ1) is 12.2. The number of likely N-dealkylation sites (tertiary alicyclic amines) is 1. The molecule has 0 spiro atoms. The van der Waals surface area contributed by atoms with E-state index in [2.05, 4.69) is 15.6 Å². The standard InChI is InChI=1S/C19H23FN4O/c1-21-13-14-8-11-24(12-9-14)19(25)15-5-4-10-22-18(15)23-17-7-3-2-6-16(17)20/h2-7,10,14,21H,8-9,11-13H2,1H3,(H,22,23). The van der Waals surface area contributed by atoms with Crippen LogP contribution in [0.3, 0.4) is 0 Å². The summed E-state index contributed by atoms with van der Waals surface area (Å²) in [5.41, 5.74) is 0.779. The van der Waals surface area contributed by atoms with Gasteiger partial charge in [-0.2, -0.15) is 0 Å². The van der Waals surface area contributed by atoms with Crippen LogP contribution >= 0.6 is 0 Å². The predicted octanol–water partition coefficient (Wildman–Crippen LogP) is 3.04. The number of nitrogens with zero attached hydrogens (tertiary/aromatic N) is 2. The second-order valence-corrected chi connectivity index (χ2v) is 6.30. The van der Waals surface area contributed by atoms with Crippen molar-refractivity contribution >= 4 is 17.4 Å². The third kappa shape index (κ3) is 4.14. The topological polar surface area (TPSA) is 57.3 Å². The van der Waals surface area contributed by atoms with Gasteiger partial charge in [-0.3, -0.25) is 4.79 Å². The molecule has 1 aliphatic heterocycles. The van der Waals surface area contributed by atoms with Crippen LogP contribution in [0, 0.1) is 11.7 Å². The molecule has 0 saturated carbocycles. The molecule has 25 heavy (non-hydrogen) atoms. The maximum Gasteiger partial charge on any atom is 0.257 e. The van der Waals surface area contributed by atoms with E-state index < -0.39 is 0 Å². The van der Waals surface area contributed by atoms with E-state index in [0.29, 0.717) is 23.0 Å². The van der Waals surface area contributed by atoms with Crippen LogP contribution in [0.2, 0.25) is 0 Å². The molecule has 1 aromatic heterocycles. The largest absolute Gasteiger partial charge is 0.339 e. The summed E-state index contributed by atoms with van der Waals surface area (Å²) in [4.78, 5) is 19.0. The molecule has 1 aliphatic rings. The van der Waals surface area contributed by atoms with Crippen LogP contribution in [0.1, 0.15) is 23.2 Å². The molecule has 6 heteroatoms. The molecule has 0 atom stereocenters. The van der Waals surface area contributed by atoms with Crippen molar-refractivity contribution in [2.75, 3.05) is 32.0 Å². The van der Waals surface area contributed by atoms with Gasteiger partial charge in [-0.25, -0.2) is 9.37 Å². The van der Waals surface area contributed by atoms with E-state index in [0.717, 1.165) is 32.5 Å². The SMILES string of the molecule is CNCC1CCN(C(=O)c2cccnc2Nc2ccccc2F)CC1. The normalized spacial score (nSPS) is 15.2. The summed E-state index contributed by atoms with van der Waals surface area (Å²) in [5, 5.41) is 6.14. The number of anilines is 2. The Labute approximate surface area is 147 Å². The van der Waals surface area contributed by atoms with Gasteiger partial charge in [0.25, 0.3) is 5.91 Å². The highest BCUT2D eigenvalue weighted by Gasteiger charge is 2.25. The first-order valence-corrected chi connectivity index (χ1v) is 8.59. The Balaban J connectivity index is 1.74. The number of hydrogen-bond donors (Lipinski definition) is 2. The second-order valence-electron chi connectivity index (χ2n) is 6.30. The summed E-state index contributed by atoms with van der Waals surface area (Å²) in [7, 11) is 1.95. The van der Waals surface area contributed by atoms with Crippen molar-refractivity contribution in [2.45, 2.75) is 12.8 Å². The summed E-state index contributed by atoms with van der Waals surface area (Å²) in [6.45, 7) is 2.45. The van der Waals surface area contributed by atoms with Crippen molar-refractivity contribution in [3.8, 4) is 0 Å². The number of nitrogens with one attached hydrogen (secondary N) is 2. The van der Waals surface area contributed by atoms with Crippen LogP contribution in [-0.4, -0.2) is 42.5 Å². The number of rotatable bonds is 5. The van der Waals surface area contributed by atoms with Gasteiger partial charge < -0.3 is 15.5 Å². The van der Waals surface area contributed by atoms with Gasteiger partial charge in [0, 0.05) is 19.3 Å². The van der Waals surface area contributed by atoms with Crippen LogP contribution in [0.4, 0.5) is 15.9 Å². The van der Waals surface area contributed by atoms with E-state index in [1.807, 2.05) is 11.9 Å².